The van der Waals surface area contributed by atoms with Crippen molar-refractivity contribution < 1.29 is 13.6 Å². The van der Waals surface area contributed by atoms with Crippen LogP contribution in [-0.2, 0) is 11.3 Å². The molecule has 0 bridgehead atoms. The number of halogens is 3. The normalized spacial score (nSPS) is 11.2. The van der Waals surface area contributed by atoms with Gasteiger partial charge in [-0.25, -0.2) is 8.78 Å². The highest BCUT2D eigenvalue weighted by atomic mass is 35.5. The molecule has 8 heteroatoms. The van der Waals surface area contributed by atoms with Gasteiger partial charge in [0.15, 0.2) is 5.96 Å². The van der Waals surface area contributed by atoms with Crippen LogP contribution in [0.5, 0.6) is 0 Å². The van der Waals surface area contributed by atoms with Gasteiger partial charge in [-0.3, -0.25) is 9.79 Å². The molecular weight excluding hydrogens is 374 g/mol. The summed E-state index contributed by atoms with van der Waals surface area (Å²) in [6.45, 7) is 2.28. The molecule has 1 amide bonds. The van der Waals surface area contributed by atoms with E-state index in [0.717, 1.165) is 23.8 Å². The summed E-state index contributed by atoms with van der Waals surface area (Å²) >= 11 is 6.09. The average Bonchev–Trinajstić information content (AvgIpc) is 2.63. The predicted molar refractivity (Wildman–Crippen MR) is 104 cm³/mol. The van der Waals surface area contributed by atoms with Crippen molar-refractivity contribution in [2.75, 3.05) is 18.9 Å². The van der Waals surface area contributed by atoms with E-state index in [9.17, 15) is 13.6 Å². The molecule has 0 unspecified atom stereocenters. The number of carbonyl (C=O) groups excluding carboxylic acids is 1. The van der Waals surface area contributed by atoms with E-state index in [-0.39, 0.29) is 24.4 Å². The first-order valence-electron chi connectivity index (χ1n) is 8.33. The molecule has 2 aromatic carbocycles. The maximum absolute atomic E-state index is 13.6. The number of amides is 1. The second kappa shape index (κ2) is 9.87. The molecule has 27 heavy (non-hydrogen) atoms. The highest BCUT2D eigenvalue weighted by molar-refractivity contribution is 6.33. The monoisotopic (exact) mass is 394 g/mol. The van der Waals surface area contributed by atoms with Gasteiger partial charge in [0.25, 0.3) is 0 Å². The van der Waals surface area contributed by atoms with E-state index in [1.807, 2.05) is 13.0 Å². The number of nitrogens with one attached hydrogen (secondary N) is 3. The Hall–Kier alpha value is -2.67. The Kier molecular flexibility index (Phi) is 7.55. The van der Waals surface area contributed by atoms with Crippen molar-refractivity contribution in [2.45, 2.75) is 19.9 Å². The number of anilines is 1. The van der Waals surface area contributed by atoms with Gasteiger partial charge in [0.1, 0.15) is 11.6 Å². The van der Waals surface area contributed by atoms with Gasteiger partial charge in [-0.2, -0.15) is 0 Å². The first kappa shape index (κ1) is 20.6. The van der Waals surface area contributed by atoms with E-state index >= 15 is 0 Å². The lowest BCUT2D eigenvalue weighted by molar-refractivity contribution is -0.116. The van der Waals surface area contributed by atoms with E-state index in [4.69, 9.17) is 11.6 Å². The maximum Gasteiger partial charge on any atom is 0.226 e. The molecule has 0 aliphatic heterocycles. The standard InChI is InChI=1S/C19H21ClF2N4O/c1-12-3-6-17(15(20)9-12)26-18(27)7-8-24-19(23-2)25-11-13-10-14(21)4-5-16(13)22/h3-6,9-10H,7-8,11H2,1-2H3,(H,26,27)(H2,23,24,25). The zero-order valence-electron chi connectivity index (χ0n) is 15.1. The Morgan fingerprint density at radius 1 is 1.15 bits per heavy atom. The number of guanidine groups is 1. The molecule has 0 aromatic heterocycles. The van der Waals surface area contributed by atoms with Gasteiger partial charge in [-0.05, 0) is 42.8 Å². The Balaban J connectivity index is 1.78. The number of aliphatic imine (C=N–C) groups is 1. The van der Waals surface area contributed by atoms with Gasteiger partial charge in [-0.15, -0.1) is 0 Å². The fourth-order valence-corrected chi connectivity index (χ4v) is 2.59. The SMILES string of the molecule is CN=C(NCCC(=O)Nc1ccc(C)cc1Cl)NCc1cc(F)ccc1F. The molecule has 0 aliphatic carbocycles. The summed E-state index contributed by atoms with van der Waals surface area (Å²) in [4.78, 5) is 16.0. The second-order valence-electron chi connectivity index (χ2n) is 5.87. The van der Waals surface area contributed by atoms with E-state index in [0.29, 0.717) is 23.2 Å². The Bertz CT molecular complexity index is 842. The van der Waals surface area contributed by atoms with E-state index in [1.54, 1.807) is 19.2 Å². The van der Waals surface area contributed by atoms with Gasteiger partial charge in [-0.1, -0.05) is 17.7 Å². The second-order valence-corrected chi connectivity index (χ2v) is 6.28. The van der Waals surface area contributed by atoms with E-state index in [2.05, 4.69) is 20.9 Å². The third-order valence-electron chi connectivity index (χ3n) is 3.72. The Morgan fingerprint density at radius 2 is 1.93 bits per heavy atom. The van der Waals surface area contributed by atoms with Crippen molar-refractivity contribution in [3.8, 4) is 0 Å². The minimum absolute atomic E-state index is 0.0639. The first-order chi connectivity index (χ1) is 12.9. The Labute approximate surface area is 161 Å². The minimum atomic E-state index is -0.511. The lowest BCUT2D eigenvalue weighted by Crippen LogP contribution is -2.38. The zero-order chi connectivity index (χ0) is 19.8. The quantitative estimate of drug-likeness (QED) is 0.518. The molecular formula is C19H21ClF2N4O. The third kappa shape index (κ3) is 6.53. The van der Waals surface area contributed by atoms with Crippen LogP contribution in [0, 0.1) is 18.6 Å². The fraction of sp³-hybridized carbons (Fsp3) is 0.263. The van der Waals surface area contributed by atoms with Crippen LogP contribution >= 0.6 is 11.6 Å². The van der Waals surface area contributed by atoms with Crippen LogP contribution < -0.4 is 16.0 Å². The van der Waals surface area contributed by atoms with Crippen molar-refractivity contribution in [1.29, 1.82) is 0 Å². The number of hydrogen-bond donors (Lipinski definition) is 3. The molecule has 2 aromatic rings. The predicted octanol–water partition coefficient (Wildman–Crippen LogP) is 3.62. The molecule has 0 atom stereocenters. The molecule has 0 spiro atoms. The van der Waals surface area contributed by atoms with Crippen LogP contribution in [0.25, 0.3) is 0 Å². The summed E-state index contributed by atoms with van der Waals surface area (Å²) in [5.74, 6) is -0.851. The summed E-state index contributed by atoms with van der Waals surface area (Å²) < 4.78 is 26.8. The van der Waals surface area contributed by atoms with Crippen LogP contribution in [0.1, 0.15) is 17.5 Å². The third-order valence-corrected chi connectivity index (χ3v) is 4.03. The Morgan fingerprint density at radius 3 is 2.63 bits per heavy atom. The maximum atomic E-state index is 13.6. The van der Waals surface area contributed by atoms with Crippen molar-refractivity contribution in [3.63, 3.8) is 0 Å². The number of nitrogens with zero attached hydrogens (tertiary/aromatic N) is 1. The number of rotatable bonds is 6. The number of carbonyl (C=O) groups is 1. The van der Waals surface area contributed by atoms with Crippen LogP contribution in [-0.4, -0.2) is 25.5 Å². The summed E-state index contributed by atoms with van der Waals surface area (Å²) in [5, 5.41) is 9.03. The van der Waals surface area contributed by atoms with Gasteiger partial charge in [0.05, 0.1) is 10.7 Å². The smallest absolute Gasteiger partial charge is 0.226 e. The largest absolute Gasteiger partial charge is 0.356 e. The summed E-state index contributed by atoms with van der Waals surface area (Å²) in [6.07, 6.45) is 0.180. The van der Waals surface area contributed by atoms with Crippen molar-refractivity contribution in [2.24, 2.45) is 4.99 Å². The highest BCUT2D eigenvalue weighted by Gasteiger charge is 2.08. The molecule has 0 saturated carbocycles. The molecule has 0 radical (unpaired) electrons. The first-order valence-corrected chi connectivity index (χ1v) is 8.71. The lowest BCUT2D eigenvalue weighted by atomic mass is 10.2. The van der Waals surface area contributed by atoms with Crippen molar-refractivity contribution >= 4 is 29.2 Å². The van der Waals surface area contributed by atoms with Crippen LogP contribution in [0.3, 0.4) is 0 Å². The number of aryl methyl sites for hydroxylation is 1. The molecule has 5 nitrogen and oxygen atoms in total. The van der Waals surface area contributed by atoms with Gasteiger partial charge >= 0.3 is 0 Å². The highest BCUT2D eigenvalue weighted by Crippen LogP contribution is 2.22. The molecule has 0 aliphatic rings. The molecule has 3 N–H and O–H groups in total. The van der Waals surface area contributed by atoms with Crippen LogP contribution in [0.2, 0.25) is 5.02 Å². The topological polar surface area (TPSA) is 65.5 Å². The van der Waals surface area contributed by atoms with Crippen LogP contribution in [0.4, 0.5) is 14.5 Å². The summed E-state index contributed by atoms with van der Waals surface area (Å²) in [5.41, 5.74) is 1.74. The fourth-order valence-electron chi connectivity index (χ4n) is 2.31. The summed E-state index contributed by atoms with van der Waals surface area (Å²) in [7, 11) is 1.55. The average molecular weight is 395 g/mol. The van der Waals surface area contributed by atoms with Gasteiger partial charge < -0.3 is 16.0 Å². The minimum Gasteiger partial charge on any atom is -0.356 e. The zero-order valence-corrected chi connectivity index (χ0v) is 15.8. The number of benzene rings is 2. The molecule has 2 rings (SSSR count). The van der Waals surface area contributed by atoms with E-state index < -0.39 is 11.6 Å². The van der Waals surface area contributed by atoms with Crippen molar-refractivity contribution in [1.82, 2.24) is 10.6 Å². The van der Waals surface area contributed by atoms with E-state index in [1.165, 1.54) is 0 Å². The number of hydrogen-bond acceptors (Lipinski definition) is 2. The van der Waals surface area contributed by atoms with Gasteiger partial charge in [0.2, 0.25) is 5.91 Å². The lowest BCUT2D eigenvalue weighted by Gasteiger charge is -2.13. The van der Waals surface area contributed by atoms with Crippen molar-refractivity contribution in [3.05, 3.63) is 64.2 Å². The molecule has 0 fully saturated rings. The molecule has 0 heterocycles. The van der Waals surface area contributed by atoms with Gasteiger partial charge in [0, 0.05) is 32.1 Å². The molecule has 0 saturated heterocycles. The van der Waals surface area contributed by atoms with Crippen LogP contribution in [0.15, 0.2) is 41.4 Å². The summed E-state index contributed by atoms with van der Waals surface area (Å²) in [6, 6.07) is 8.63. The molecule has 144 valence electrons.